The molecule has 1 aromatic rings. The lowest BCUT2D eigenvalue weighted by Gasteiger charge is -2.17. The minimum atomic E-state index is -0.216. The molecule has 1 saturated carbocycles. The second-order valence-electron chi connectivity index (χ2n) is 4.45. The van der Waals surface area contributed by atoms with Crippen molar-refractivity contribution in [3.63, 3.8) is 0 Å². The van der Waals surface area contributed by atoms with Gasteiger partial charge in [0.15, 0.2) is 0 Å². The van der Waals surface area contributed by atoms with Crippen LogP contribution in [0.1, 0.15) is 24.8 Å². The summed E-state index contributed by atoms with van der Waals surface area (Å²) in [6.07, 6.45) is 2.81. The molecule has 0 unspecified atom stereocenters. The number of anilines is 1. The van der Waals surface area contributed by atoms with Gasteiger partial charge in [0.1, 0.15) is 0 Å². The van der Waals surface area contributed by atoms with Crippen molar-refractivity contribution in [3.8, 4) is 0 Å². The molecular weight excluding hydrogens is 348 g/mol. The molecule has 1 aromatic carbocycles. The number of nitrogen functional groups attached to an aromatic ring is 1. The van der Waals surface area contributed by atoms with Crippen molar-refractivity contribution in [1.29, 1.82) is 0 Å². The fourth-order valence-electron chi connectivity index (χ4n) is 2.20. The molecule has 17 heavy (non-hydrogen) atoms. The molecule has 0 saturated heterocycles. The Morgan fingerprint density at radius 1 is 1.35 bits per heavy atom. The highest BCUT2D eigenvalue weighted by atomic mass is 79.9. The summed E-state index contributed by atoms with van der Waals surface area (Å²) in [5.41, 5.74) is 7.80. The number of hydrogen-bond donors (Lipinski definition) is 3. The quantitative estimate of drug-likeness (QED) is 0.723. The molecule has 1 fully saturated rings. The molecule has 3 nitrogen and oxygen atoms in total. The average molecular weight is 364 g/mol. The first kappa shape index (κ1) is 13.3. The molecule has 0 aromatic heterocycles. The summed E-state index contributed by atoms with van der Waals surface area (Å²) in [7, 11) is 0. The number of aliphatic hydroxyl groups is 1. The van der Waals surface area contributed by atoms with E-state index < -0.39 is 0 Å². The average Bonchev–Trinajstić information content (AvgIpc) is 2.67. The van der Waals surface area contributed by atoms with Crippen molar-refractivity contribution in [1.82, 2.24) is 5.32 Å². The SMILES string of the molecule is Nc1c(Br)cc(Br)cc1CN[C@@H]1CCC[C@H]1O. The van der Waals surface area contributed by atoms with E-state index in [1.807, 2.05) is 12.1 Å². The molecule has 5 heteroatoms. The van der Waals surface area contributed by atoms with Crippen LogP contribution in [-0.2, 0) is 6.54 Å². The van der Waals surface area contributed by atoms with E-state index in [9.17, 15) is 5.11 Å². The number of aliphatic hydroxyl groups excluding tert-OH is 1. The Morgan fingerprint density at radius 3 is 2.76 bits per heavy atom. The predicted octanol–water partition coefficient (Wildman–Crippen LogP) is 2.80. The second kappa shape index (κ2) is 5.69. The first-order valence-corrected chi connectivity index (χ1v) is 7.31. The summed E-state index contributed by atoms with van der Waals surface area (Å²) < 4.78 is 1.90. The number of nitrogens with two attached hydrogens (primary N) is 1. The smallest absolute Gasteiger partial charge is 0.0693 e. The van der Waals surface area contributed by atoms with Crippen LogP contribution in [0.15, 0.2) is 21.1 Å². The summed E-state index contributed by atoms with van der Waals surface area (Å²) in [6.45, 7) is 0.686. The summed E-state index contributed by atoms with van der Waals surface area (Å²) in [6, 6.07) is 4.14. The van der Waals surface area contributed by atoms with Crippen LogP contribution in [0.25, 0.3) is 0 Å². The molecule has 2 rings (SSSR count). The van der Waals surface area contributed by atoms with Crippen molar-refractivity contribution in [2.45, 2.75) is 38.0 Å². The van der Waals surface area contributed by atoms with E-state index in [1.165, 1.54) is 0 Å². The minimum absolute atomic E-state index is 0.201. The first-order chi connectivity index (χ1) is 8.08. The third-order valence-electron chi connectivity index (χ3n) is 3.21. The fourth-order valence-corrected chi connectivity index (χ4v) is 3.52. The van der Waals surface area contributed by atoms with Gasteiger partial charge >= 0.3 is 0 Å². The van der Waals surface area contributed by atoms with Gasteiger partial charge in [-0.15, -0.1) is 0 Å². The highest BCUT2D eigenvalue weighted by Crippen LogP contribution is 2.28. The number of hydrogen-bond acceptors (Lipinski definition) is 3. The highest BCUT2D eigenvalue weighted by molar-refractivity contribution is 9.11. The lowest BCUT2D eigenvalue weighted by atomic mass is 10.1. The number of rotatable bonds is 3. The maximum Gasteiger partial charge on any atom is 0.0693 e. The van der Waals surface area contributed by atoms with Crippen molar-refractivity contribution in [2.75, 3.05) is 5.73 Å². The van der Waals surface area contributed by atoms with Crippen LogP contribution < -0.4 is 11.1 Å². The Morgan fingerprint density at radius 2 is 2.12 bits per heavy atom. The standard InChI is InChI=1S/C12H16Br2N2O/c13-8-4-7(12(15)9(14)5-8)6-16-10-2-1-3-11(10)17/h4-5,10-11,16-17H,1-3,6,15H2/t10-,11-/m1/s1. The highest BCUT2D eigenvalue weighted by Gasteiger charge is 2.24. The van der Waals surface area contributed by atoms with Crippen molar-refractivity contribution in [2.24, 2.45) is 0 Å². The monoisotopic (exact) mass is 362 g/mol. The molecule has 0 bridgehead atoms. The van der Waals surface area contributed by atoms with E-state index in [0.29, 0.717) is 6.54 Å². The molecule has 0 heterocycles. The molecule has 1 aliphatic rings. The summed E-state index contributed by atoms with van der Waals surface area (Å²) in [5, 5.41) is 13.1. The van der Waals surface area contributed by atoms with Gasteiger partial charge in [-0.1, -0.05) is 15.9 Å². The summed E-state index contributed by atoms with van der Waals surface area (Å²) >= 11 is 6.88. The Bertz CT molecular complexity index is 412. The number of nitrogens with one attached hydrogen (secondary N) is 1. The Balaban J connectivity index is 2.03. The Labute approximate surface area is 118 Å². The van der Waals surface area contributed by atoms with Gasteiger partial charge in [0.05, 0.1) is 11.8 Å². The van der Waals surface area contributed by atoms with E-state index in [0.717, 1.165) is 39.5 Å². The van der Waals surface area contributed by atoms with Crippen LogP contribution in [0.2, 0.25) is 0 Å². The molecule has 2 atom stereocenters. The molecule has 0 radical (unpaired) electrons. The number of halogens is 2. The largest absolute Gasteiger partial charge is 0.398 e. The number of benzene rings is 1. The van der Waals surface area contributed by atoms with Crippen LogP contribution in [0.3, 0.4) is 0 Å². The normalized spacial score (nSPS) is 24.2. The molecule has 94 valence electrons. The van der Waals surface area contributed by atoms with Gasteiger partial charge in [0.25, 0.3) is 0 Å². The van der Waals surface area contributed by atoms with Gasteiger partial charge in [0, 0.05) is 21.5 Å². The predicted molar refractivity (Wildman–Crippen MR) is 76.7 cm³/mol. The molecular formula is C12H16Br2N2O. The Kier molecular flexibility index (Phi) is 4.47. The zero-order valence-corrected chi connectivity index (χ0v) is 12.6. The van der Waals surface area contributed by atoms with Crippen LogP contribution in [0.5, 0.6) is 0 Å². The molecule has 0 spiro atoms. The van der Waals surface area contributed by atoms with Crippen LogP contribution >= 0.6 is 31.9 Å². The van der Waals surface area contributed by atoms with Crippen molar-refractivity contribution < 1.29 is 5.11 Å². The zero-order valence-electron chi connectivity index (χ0n) is 9.42. The van der Waals surface area contributed by atoms with Gasteiger partial charge in [-0.25, -0.2) is 0 Å². The summed E-state index contributed by atoms with van der Waals surface area (Å²) in [5.74, 6) is 0. The van der Waals surface area contributed by atoms with Crippen molar-refractivity contribution >= 4 is 37.5 Å². The molecule has 1 aliphatic carbocycles. The van der Waals surface area contributed by atoms with Gasteiger partial charge < -0.3 is 16.2 Å². The van der Waals surface area contributed by atoms with Crippen molar-refractivity contribution in [3.05, 3.63) is 26.6 Å². The van der Waals surface area contributed by atoms with E-state index in [1.54, 1.807) is 0 Å². The van der Waals surface area contributed by atoms with E-state index >= 15 is 0 Å². The summed E-state index contributed by atoms with van der Waals surface area (Å²) in [4.78, 5) is 0. The lowest BCUT2D eigenvalue weighted by Crippen LogP contribution is -2.35. The zero-order chi connectivity index (χ0) is 12.4. The third-order valence-corrected chi connectivity index (χ3v) is 4.33. The molecule has 0 amide bonds. The van der Waals surface area contributed by atoms with E-state index in [2.05, 4.69) is 37.2 Å². The fraction of sp³-hybridized carbons (Fsp3) is 0.500. The van der Waals surface area contributed by atoms with E-state index in [4.69, 9.17) is 5.73 Å². The third kappa shape index (κ3) is 3.22. The Hall–Kier alpha value is -0.100. The minimum Gasteiger partial charge on any atom is -0.398 e. The molecule has 4 N–H and O–H groups in total. The van der Waals surface area contributed by atoms with Crippen LogP contribution in [-0.4, -0.2) is 17.3 Å². The lowest BCUT2D eigenvalue weighted by molar-refractivity contribution is 0.148. The first-order valence-electron chi connectivity index (χ1n) is 5.73. The van der Waals surface area contributed by atoms with Crippen LogP contribution in [0.4, 0.5) is 5.69 Å². The second-order valence-corrected chi connectivity index (χ2v) is 6.22. The maximum absolute atomic E-state index is 9.73. The molecule has 0 aliphatic heterocycles. The topological polar surface area (TPSA) is 58.3 Å². The van der Waals surface area contributed by atoms with Gasteiger partial charge in [-0.05, 0) is 52.9 Å². The maximum atomic E-state index is 9.73. The van der Waals surface area contributed by atoms with Gasteiger partial charge in [-0.2, -0.15) is 0 Å². The van der Waals surface area contributed by atoms with Crippen LogP contribution in [0, 0.1) is 0 Å². The van der Waals surface area contributed by atoms with Gasteiger partial charge in [-0.3, -0.25) is 0 Å². The van der Waals surface area contributed by atoms with E-state index in [-0.39, 0.29) is 12.1 Å². The van der Waals surface area contributed by atoms with Gasteiger partial charge in [0.2, 0.25) is 0 Å².